The highest BCUT2D eigenvalue weighted by Crippen LogP contribution is 2.39. The van der Waals surface area contributed by atoms with E-state index in [1.165, 1.54) is 22.5 Å². The largest absolute Gasteiger partial charge is 0.339 e. The molecule has 1 aliphatic carbocycles. The van der Waals surface area contributed by atoms with Crippen molar-refractivity contribution < 1.29 is 9.18 Å². The van der Waals surface area contributed by atoms with Gasteiger partial charge in [-0.05, 0) is 25.0 Å². The summed E-state index contributed by atoms with van der Waals surface area (Å²) in [5, 5.41) is 9.23. The monoisotopic (exact) mass is 424 g/mol. The zero-order valence-corrected chi connectivity index (χ0v) is 16.9. The molecular formula is C18H22ClFN6OS. The molecule has 10 heteroatoms. The fraction of sp³-hybridized carbons (Fsp3) is 0.500. The lowest BCUT2D eigenvalue weighted by Gasteiger charge is -2.34. The lowest BCUT2D eigenvalue weighted by atomic mass is 10.2. The second-order valence-corrected chi connectivity index (χ2v) is 8.48. The van der Waals surface area contributed by atoms with Crippen molar-refractivity contribution >= 4 is 29.3 Å². The van der Waals surface area contributed by atoms with Crippen LogP contribution in [-0.2, 0) is 11.3 Å². The summed E-state index contributed by atoms with van der Waals surface area (Å²) in [6, 6.07) is 4.72. The van der Waals surface area contributed by atoms with Crippen molar-refractivity contribution in [2.45, 2.75) is 30.5 Å². The minimum atomic E-state index is -0.293. The highest BCUT2D eigenvalue weighted by Gasteiger charge is 2.30. The molecule has 2 aromatic rings. The van der Waals surface area contributed by atoms with E-state index in [2.05, 4.69) is 15.1 Å². The van der Waals surface area contributed by atoms with Crippen LogP contribution < -0.4 is 5.84 Å². The van der Waals surface area contributed by atoms with E-state index in [1.54, 1.807) is 12.1 Å². The maximum Gasteiger partial charge on any atom is 0.233 e. The summed E-state index contributed by atoms with van der Waals surface area (Å²) < 4.78 is 15.5. The van der Waals surface area contributed by atoms with Crippen molar-refractivity contribution in [3.63, 3.8) is 0 Å². The first-order valence-electron chi connectivity index (χ1n) is 9.29. The first kappa shape index (κ1) is 19.5. The number of hydrogen-bond acceptors (Lipinski definition) is 6. The van der Waals surface area contributed by atoms with E-state index in [0.29, 0.717) is 54.4 Å². The van der Waals surface area contributed by atoms with Gasteiger partial charge in [0.05, 0.1) is 5.75 Å². The average Bonchev–Trinajstić information content (AvgIpc) is 3.46. The second kappa shape index (κ2) is 8.26. The van der Waals surface area contributed by atoms with Crippen LogP contribution >= 0.6 is 23.4 Å². The number of carbonyl (C=O) groups excluding carboxylic acids is 1. The molecule has 2 N–H and O–H groups in total. The zero-order valence-electron chi connectivity index (χ0n) is 15.4. The number of halogens is 2. The van der Waals surface area contributed by atoms with E-state index in [-0.39, 0.29) is 17.5 Å². The van der Waals surface area contributed by atoms with E-state index < -0.39 is 0 Å². The van der Waals surface area contributed by atoms with Crippen molar-refractivity contribution in [1.29, 1.82) is 0 Å². The van der Waals surface area contributed by atoms with Gasteiger partial charge in [-0.15, -0.1) is 10.2 Å². The van der Waals surface area contributed by atoms with E-state index in [9.17, 15) is 9.18 Å². The van der Waals surface area contributed by atoms with Gasteiger partial charge in [-0.3, -0.25) is 9.69 Å². The van der Waals surface area contributed by atoms with Gasteiger partial charge in [-0.25, -0.2) is 9.07 Å². The molecule has 1 saturated carbocycles. The molecule has 2 heterocycles. The van der Waals surface area contributed by atoms with Gasteiger partial charge in [0.15, 0.2) is 5.82 Å². The Morgan fingerprint density at radius 3 is 2.68 bits per heavy atom. The van der Waals surface area contributed by atoms with Gasteiger partial charge in [0.25, 0.3) is 0 Å². The van der Waals surface area contributed by atoms with Gasteiger partial charge in [0, 0.05) is 49.2 Å². The Morgan fingerprint density at radius 1 is 1.25 bits per heavy atom. The lowest BCUT2D eigenvalue weighted by Crippen LogP contribution is -2.48. The van der Waals surface area contributed by atoms with Crippen LogP contribution in [0.15, 0.2) is 23.4 Å². The molecule has 0 spiro atoms. The fourth-order valence-electron chi connectivity index (χ4n) is 3.29. The summed E-state index contributed by atoms with van der Waals surface area (Å²) in [6.07, 6.45) is 2.20. The first-order chi connectivity index (χ1) is 13.5. The van der Waals surface area contributed by atoms with Crippen LogP contribution in [-0.4, -0.2) is 62.5 Å². The molecule has 0 bridgehead atoms. The summed E-state index contributed by atoms with van der Waals surface area (Å²) in [5.41, 5.74) is 0.508. The van der Waals surface area contributed by atoms with Gasteiger partial charge in [0.2, 0.25) is 11.1 Å². The Morgan fingerprint density at radius 2 is 2.00 bits per heavy atom. The minimum Gasteiger partial charge on any atom is -0.339 e. The molecule has 4 rings (SSSR count). The summed E-state index contributed by atoms with van der Waals surface area (Å²) in [5.74, 6) is 7.27. The van der Waals surface area contributed by atoms with E-state index in [4.69, 9.17) is 17.4 Å². The molecule has 1 aliphatic heterocycles. The van der Waals surface area contributed by atoms with E-state index in [1.807, 2.05) is 4.90 Å². The maximum absolute atomic E-state index is 14.0. The molecule has 28 heavy (non-hydrogen) atoms. The second-order valence-electron chi connectivity index (χ2n) is 7.13. The van der Waals surface area contributed by atoms with Crippen molar-refractivity contribution in [3.05, 3.63) is 40.4 Å². The van der Waals surface area contributed by atoms with Crippen LogP contribution in [0.1, 0.15) is 30.1 Å². The number of nitrogens with two attached hydrogens (primary N) is 1. The van der Waals surface area contributed by atoms with Crippen molar-refractivity contribution in [3.8, 4) is 0 Å². The zero-order chi connectivity index (χ0) is 19.7. The number of hydrogen-bond donors (Lipinski definition) is 1. The third-order valence-corrected chi connectivity index (χ3v) is 6.41. The third-order valence-electron chi connectivity index (χ3n) is 5.13. The van der Waals surface area contributed by atoms with E-state index in [0.717, 1.165) is 18.7 Å². The Balaban J connectivity index is 1.26. The topological polar surface area (TPSA) is 80.3 Å². The summed E-state index contributed by atoms with van der Waals surface area (Å²) in [6.45, 7) is 3.02. The maximum atomic E-state index is 14.0. The normalized spacial score (nSPS) is 17.9. The van der Waals surface area contributed by atoms with Gasteiger partial charge in [-0.1, -0.05) is 29.4 Å². The van der Waals surface area contributed by atoms with Crippen LogP contribution in [0.5, 0.6) is 0 Å². The smallest absolute Gasteiger partial charge is 0.233 e. The standard InChI is InChI=1S/C18H22ClFN6OS/c19-14-2-1-3-15(20)13(14)10-24-6-8-25(9-7-24)16(27)11-28-18-23-22-17(26(18)21)12-4-5-12/h1-3,12H,4-11,21H2. The molecule has 2 fully saturated rings. The Kier molecular flexibility index (Phi) is 5.75. The number of nitrogen functional groups attached to an aromatic ring is 1. The molecule has 0 atom stereocenters. The van der Waals surface area contributed by atoms with Crippen LogP contribution in [0.25, 0.3) is 0 Å². The Labute approximate surface area is 172 Å². The van der Waals surface area contributed by atoms with Crippen molar-refractivity contribution in [1.82, 2.24) is 24.7 Å². The molecule has 1 saturated heterocycles. The molecule has 1 aromatic carbocycles. The quantitative estimate of drug-likeness (QED) is 0.565. The lowest BCUT2D eigenvalue weighted by molar-refractivity contribution is -0.130. The summed E-state index contributed by atoms with van der Waals surface area (Å²) in [4.78, 5) is 16.5. The average molecular weight is 425 g/mol. The Bertz CT molecular complexity index is 846. The predicted molar refractivity (Wildman–Crippen MR) is 106 cm³/mol. The fourth-order valence-corrected chi connectivity index (χ4v) is 4.28. The number of aromatic nitrogens is 3. The molecule has 0 radical (unpaired) electrons. The van der Waals surface area contributed by atoms with Crippen molar-refractivity contribution in [2.75, 3.05) is 37.8 Å². The van der Waals surface area contributed by atoms with Crippen LogP contribution in [0.4, 0.5) is 4.39 Å². The molecule has 2 aliphatic rings. The van der Waals surface area contributed by atoms with Gasteiger partial charge < -0.3 is 10.7 Å². The number of amides is 1. The molecular weight excluding hydrogens is 403 g/mol. The highest BCUT2D eigenvalue weighted by molar-refractivity contribution is 7.99. The van der Waals surface area contributed by atoms with Gasteiger partial charge in [0.1, 0.15) is 5.82 Å². The summed E-state index contributed by atoms with van der Waals surface area (Å²) in [7, 11) is 0. The van der Waals surface area contributed by atoms with Gasteiger partial charge >= 0.3 is 0 Å². The molecule has 7 nitrogen and oxygen atoms in total. The molecule has 1 amide bonds. The number of rotatable bonds is 6. The number of benzene rings is 1. The number of nitrogens with zero attached hydrogens (tertiary/aromatic N) is 5. The van der Waals surface area contributed by atoms with Crippen LogP contribution in [0.3, 0.4) is 0 Å². The SMILES string of the molecule is Nn1c(SCC(=O)N2CCN(Cc3c(F)cccc3Cl)CC2)nnc1C1CC1. The molecule has 0 unspecified atom stereocenters. The number of thioether (sulfide) groups is 1. The Hall–Kier alpha value is -1.84. The third kappa shape index (κ3) is 4.26. The summed E-state index contributed by atoms with van der Waals surface area (Å²) >= 11 is 7.42. The van der Waals surface area contributed by atoms with Crippen LogP contribution in [0, 0.1) is 5.82 Å². The predicted octanol–water partition coefficient (Wildman–Crippen LogP) is 2.10. The van der Waals surface area contributed by atoms with Gasteiger partial charge in [-0.2, -0.15) is 0 Å². The molecule has 150 valence electrons. The highest BCUT2D eigenvalue weighted by atomic mass is 35.5. The van der Waals surface area contributed by atoms with E-state index >= 15 is 0 Å². The van der Waals surface area contributed by atoms with Crippen molar-refractivity contribution in [2.24, 2.45) is 0 Å². The molecule has 1 aromatic heterocycles. The number of carbonyl (C=O) groups is 1. The minimum absolute atomic E-state index is 0.0459. The first-order valence-corrected chi connectivity index (χ1v) is 10.7. The number of piperazine rings is 1. The van der Waals surface area contributed by atoms with Crippen LogP contribution in [0.2, 0.25) is 5.02 Å².